The topological polar surface area (TPSA) is 15.3 Å². The van der Waals surface area contributed by atoms with Gasteiger partial charge in [-0.1, -0.05) is 55.8 Å². The molecule has 0 saturated carbocycles. The monoisotopic (exact) mass is 352 g/mol. The molecule has 1 N–H and O–H groups in total. The predicted molar refractivity (Wildman–Crippen MR) is 94.4 cm³/mol. The maximum Gasteiger partial charge on any atom is 0.0247 e. The van der Waals surface area contributed by atoms with Gasteiger partial charge in [-0.05, 0) is 36.0 Å². The molecule has 1 aliphatic rings. The maximum absolute atomic E-state index is 3.76. The first-order valence-corrected chi connectivity index (χ1v) is 8.97. The van der Waals surface area contributed by atoms with Crippen LogP contribution in [0.1, 0.15) is 39.7 Å². The molecular weight excluding hydrogens is 324 g/mol. The molecule has 2 atom stereocenters. The van der Waals surface area contributed by atoms with E-state index in [0.29, 0.717) is 18.0 Å². The molecule has 0 aliphatic carbocycles. The highest BCUT2D eigenvalue weighted by atomic mass is 79.9. The number of nitrogens with zero attached hydrogens (tertiary/aromatic N) is 1. The summed E-state index contributed by atoms with van der Waals surface area (Å²) < 4.78 is 1.16. The van der Waals surface area contributed by atoms with E-state index in [1.165, 1.54) is 12.0 Å². The van der Waals surface area contributed by atoms with Gasteiger partial charge in [0.2, 0.25) is 0 Å². The number of benzene rings is 1. The normalized spacial score (nSPS) is 24.0. The molecule has 1 aromatic rings. The molecule has 0 radical (unpaired) electrons. The molecule has 1 fully saturated rings. The first-order chi connectivity index (χ1) is 9.95. The lowest BCUT2D eigenvalue weighted by Gasteiger charge is -2.43. The lowest BCUT2D eigenvalue weighted by Crippen LogP contribution is -2.58. The van der Waals surface area contributed by atoms with Crippen molar-refractivity contribution in [2.24, 2.45) is 11.8 Å². The average Bonchev–Trinajstić information content (AvgIpc) is 2.40. The van der Waals surface area contributed by atoms with E-state index in [4.69, 9.17) is 0 Å². The van der Waals surface area contributed by atoms with Crippen LogP contribution in [-0.4, -0.2) is 30.1 Å². The molecule has 0 bridgehead atoms. The zero-order chi connectivity index (χ0) is 15.4. The number of rotatable bonds is 5. The fraction of sp³-hybridized carbons (Fsp3) is 0.667. The average molecular weight is 353 g/mol. The number of piperazine rings is 1. The standard InChI is InChI=1S/C18H29BrN2/c1-13(2)9-17-12-21(18(10-20-17)14(3)4)11-15-5-7-16(19)8-6-15/h5-8,13-14,17-18,20H,9-12H2,1-4H3. The molecule has 1 aromatic carbocycles. The minimum absolute atomic E-state index is 0.635. The highest BCUT2D eigenvalue weighted by Gasteiger charge is 2.29. The largest absolute Gasteiger partial charge is 0.311 e. The minimum atomic E-state index is 0.635. The molecule has 0 aromatic heterocycles. The van der Waals surface area contributed by atoms with Crippen LogP contribution in [0.5, 0.6) is 0 Å². The van der Waals surface area contributed by atoms with Gasteiger partial charge < -0.3 is 5.32 Å². The summed E-state index contributed by atoms with van der Waals surface area (Å²) in [4.78, 5) is 2.68. The van der Waals surface area contributed by atoms with Gasteiger partial charge in [0.25, 0.3) is 0 Å². The van der Waals surface area contributed by atoms with E-state index in [9.17, 15) is 0 Å². The van der Waals surface area contributed by atoms with E-state index in [-0.39, 0.29) is 0 Å². The molecule has 21 heavy (non-hydrogen) atoms. The zero-order valence-electron chi connectivity index (χ0n) is 13.8. The van der Waals surface area contributed by atoms with Gasteiger partial charge in [-0.15, -0.1) is 0 Å². The number of hydrogen-bond acceptors (Lipinski definition) is 2. The summed E-state index contributed by atoms with van der Waals surface area (Å²) in [7, 11) is 0. The van der Waals surface area contributed by atoms with Crippen molar-refractivity contribution in [3.05, 3.63) is 34.3 Å². The van der Waals surface area contributed by atoms with Crippen LogP contribution in [0.15, 0.2) is 28.7 Å². The molecule has 1 aliphatic heterocycles. The molecule has 2 nitrogen and oxygen atoms in total. The summed E-state index contributed by atoms with van der Waals surface area (Å²) in [6.07, 6.45) is 1.27. The van der Waals surface area contributed by atoms with Gasteiger partial charge in [0.05, 0.1) is 0 Å². The fourth-order valence-electron chi connectivity index (χ4n) is 3.29. The summed E-state index contributed by atoms with van der Waals surface area (Å²) in [6, 6.07) is 10.0. The van der Waals surface area contributed by atoms with Crippen molar-refractivity contribution in [2.75, 3.05) is 13.1 Å². The van der Waals surface area contributed by atoms with Gasteiger partial charge in [0.15, 0.2) is 0 Å². The lowest BCUT2D eigenvalue weighted by atomic mass is 9.94. The van der Waals surface area contributed by atoms with Gasteiger partial charge in [0.1, 0.15) is 0 Å². The first-order valence-electron chi connectivity index (χ1n) is 8.17. The van der Waals surface area contributed by atoms with Crippen LogP contribution in [0.3, 0.4) is 0 Å². The Morgan fingerprint density at radius 3 is 2.43 bits per heavy atom. The van der Waals surface area contributed by atoms with Gasteiger partial charge in [-0.2, -0.15) is 0 Å². The van der Waals surface area contributed by atoms with Gasteiger partial charge in [-0.3, -0.25) is 4.90 Å². The van der Waals surface area contributed by atoms with Crippen LogP contribution in [0.4, 0.5) is 0 Å². The summed E-state index contributed by atoms with van der Waals surface area (Å²) in [5.74, 6) is 1.44. The Labute approximate surface area is 138 Å². The summed E-state index contributed by atoms with van der Waals surface area (Å²) >= 11 is 3.52. The Hall–Kier alpha value is -0.380. The molecule has 2 rings (SSSR count). The Bertz CT molecular complexity index is 427. The van der Waals surface area contributed by atoms with E-state index in [1.807, 2.05) is 0 Å². The lowest BCUT2D eigenvalue weighted by molar-refractivity contribution is 0.0852. The zero-order valence-corrected chi connectivity index (χ0v) is 15.4. The second-order valence-electron chi connectivity index (χ2n) is 7.10. The Morgan fingerprint density at radius 1 is 1.19 bits per heavy atom. The molecule has 1 saturated heterocycles. The van der Waals surface area contributed by atoms with Crippen molar-refractivity contribution < 1.29 is 0 Å². The fourth-order valence-corrected chi connectivity index (χ4v) is 3.55. The third-order valence-electron chi connectivity index (χ3n) is 4.36. The molecule has 1 heterocycles. The second-order valence-corrected chi connectivity index (χ2v) is 8.02. The number of halogens is 1. The van der Waals surface area contributed by atoms with Crippen LogP contribution < -0.4 is 5.32 Å². The van der Waals surface area contributed by atoms with Crippen molar-refractivity contribution in [1.82, 2.24) is 10.2 Å². The smallest absolute Gasteiger partial charge is 0.0247 e. The molecule has 0 amide bonds. The van der Waals surface area contributed by atoms with E-state index < -0.39 is 0 Å². The van der Waals surface area contributed by atoms with Crippen LogP contribution in [0, 0.1) is 11.8 Å². The van der Waals surface area contributed by atoms with Crippen molar-refractivity contribution in [2.45, 2.75) is 52.7 Å². The van der Waals surface area contributed by atoms with E-state index in [1.54, 1.807) is 0 Å². The Morgan fingerprint density at radius 2 is 1.86 bits per heavy atom. The third-order valence-corrected chi connectivity index (χ3v) is 4.89. The minimum Gasteiger partial charge on any atom is -0.311 e. The van der Waals surface area contributed by atoms with Crippen LogP contribution in [-0.2, 0) is 6.54 Å². The second kappa shape index (κ2) is 7.75. The van der Waals surface area contributed by atoms with E-state index in [2.05, 4.69) is 78.1 Å². The van der Waals surface area contributed by atoms with Gasteiger partial charge in [-0.25, -0.2) is 0 Å². The Kier molecular flexibility index (Phi) is 6.27. The number of nitrogens with one attached hydrogen (secondary N) is 1. The molecule has 0 spiro atoms. The summed E-state index contributed by atoms with van der Waals surface area (Å²) in [5.41, 5.74) is 1.41. The van der Waals surface area contributed by atoms with Gasteiger partial charge >= 0.3 is 0 Å². The van der Waals surface area contributed by atoms with E-state index >= 15 is 0 Å². The Balaban J connectivity index is 2.04. The van der Waals surface area contributed by atoms with Gasteiger partial charge in [0, 0.05) is 36.2 Å². The molecular formula is C18H29BrN2. The molecule has 2 unspecified atom stereocenters. The van der Waals surface area contributed by atoms with Crippen LogP contribution in [0.25, 0.3) is 0 Å². The first kappa shape index (κ1) is 17.0. The van der Waals surface area contributed by atoms with Crippen LogP contribution in [0.2, 0.25) is 0 Å². The van der Waals surface area contributed by atoms with Crippen LogP contribution >= 0.6 is 15.9 Å². The predicted octanol–water partition coefficient (Wildman–Crippen LogP) is 4.29. The van der Waals surface area contributed by atoms with Crippen molar-refractivity contribution in [3.63, 3.8) is 0 Å². The molecule has 118 valence electrons. The maximum atomic E-state index is 3.76. The SMILES string of the molecule is CC(C)CC1CN(Cc2ccc(Br)cc2)C(C(C)C)CN1. The highest BCUT2D eigenvalue weighted by Crippen LogP contribution is 2.21. The van der Waals surface area contributed by atoms with Crippen molar-refractivity contribution >= 4 is 15.9 Å². The summed E-state index contributed by atoms with van der Waals surface area (Å²) in [5, 5.41) is 3.76. The summed E-state index contributed by atoms with van der Waals surface area (Å²) in [6.45, 7) is 12.6. The van der Waals surface area contributed by atoms with Crippen molar-refractivity contribution in [3.8, 4) is 0 Å². The highest BCUT2D eigenvalue weighted by molar-refractivity contribution is 9.10. The van der Waals surface area contributed by atoms with Crippen molar-refractivity contribution in [1.29, 1.82) is 0 Å². The van der Waals surface area contributed by atoms with E-state index in [0.717, 1.165) is 30.0 Å². The quantitative estimate of drug-likeness (QED) is 0.849. The third kappa shape index (κ3) is 5.08. The number of hydrogen-bond donors (Lipinski definition) is 1. The molecule has 3 heteroatoms.